The maximum absolute atomic E-state index is 12.5. The van der Waals surface area contributed by atoms with Crippen molar-refractivity contribution < 1.29 is 18.3 Å². The van der Waals surface area contributed by atoms with Crippen LogP contribution >= 0.6 is 11.3 Å². The summed E-state index contributed by atoms with van der Waals surface area (Å²) in [5.41, 5.74) is 1.28. The second-order valence-electron chi connectivity index (χ2n) is 5.98. The van der Waals surface area contributed by atoms with Gasteiger partial charge in [-0.3, -0.25) is 4.72 Å². The van der Waals surface area contributed by atoms with Crippen LogP contribution in [-0.2, 0) is 10.0 Å². The number of carbonyl (C=O) groups is 1. The number of hydrogen-bond donors (Lipinski definition) is 2. The Bertz CT molecular complexity index is 819. The fraction of sp³-hybridized carbons (Fsp3) is 0.353. The molecule has 1 heterocycles. The Morgan fingerprint density at radius 2 is 1.75 bits per heavy atom. The highest BCUT2D eigenvalue weighted by Crippen LogP contribution is 2.33. The van der Waals surface area contributed by atoms with Crippen molar-refractivity contribution in [3.8, 4) is 0 Å². The van der Waals surface area contributed by atoms with E-state index in [0.29, 0.717) is 5.92 Å². The van der Waals surface area contributed by atoms with E-state index < -0.39 is 16.0 Å². The summed E-state index contributed by atoms with van der Waals surface area (Å²) in [4.78, 5) is 11.2. The second kappa shape index (κ2) is 6.94. The lowest BCUT2D eigenvalue weighted by atomic mass is 9.84. The summed E-state index contributed by atoms with van der Waals surface area (Å²) in [5, 5.41) is 10.6. The Kier molecular flexibility index (Phi) is 4.91. The summed E-state index contributed by atoms with van der Waals surface area (Å²) in [6.45, 7) is 0. The van der Waals surface area contributed by atoms with Crippen LogP contribution < -0.4 is 4.72 Å². The van der Waals surface area contributed by atoms with Gasteiger partial charge in [-0.1, -0.05) is 31.4 Å². The maximum Gasteiger partial charge on any atom is 0.348 e. The molecule has 1 saturated carbocycles. The molecule has 1 fully saturated rings. The van der Waals surface area contributed by atoms with Crippen molar-refractivity contribution in [3.05, 3.63) is 46.2 Å². The summed E-state index contributed by atoms with van der Waals surface area (Å²) in [6, 6.07) is 8.40. The summed E-state index contributed by atoms with van der Waals surface area (Å²) in [7, 11) is -3.79. The summed E-state index contributed by atoms with van der Waals surface area (Å²) in [6.07, 6.45) is 6.03. The van der Waals surface area contributed by atoms with Crippen molar-refractivity contribution in [3.63, 3.8) is 0 Å². The minimum atomic E-state index is -3.79. The maximum atomic E-state index is 12.5. The molecule has 0 unspecified atom stereocenters. The quantitative estimate of drug-likeness (QED) is 0.828. The Labute approximate surface area is 145 Å². The van der Waals surface area contributed by atoms with Crippen molar-refractivity contribution in [2.45, 2.75) is 42.9 Å². The van der Waals surface area contributed by atoms with Gasteiger partial charge in [0, 0.05) is 0 Å². The minimum absolute atomic E-state index is 0.0163. The van der Waals surface area contributed by atoms with Crippen molar-refractivity contribution in [2.75, 3.05) is 4.72 Å². The van der Waals surface area contributed by atoms with Crippen LogP contribution in [0.3, 0.4) is 0 Å². The zero-order valence-corrected chi connectivity index (χ0v) is 14.7. The molecule has 0 aliphatic heterocycles. The van der Waals surface area contributed by atoms with E-state index in [1.807, 2.05) is 12.1 Å². The molecule has 0 spiro atoms. The Morgan fingerprint density at radius 3 is 2.38 bits per heavy atom. The van der Waals surface area contributed by atoms with Gasteiger partial charge in [0.25, 0.3) is 10.0 Å². The summed E-state index contributed by atoms with van der Waals surface area (Å²) < 4.78 is 27.3. The first-order valence-electron chi connectivity index (χ1n) is 7.91. The lowest BCUT2D eigenvalue weighted by Gasteiger charge is -2.22. The molecule has 0 amide bonds. The van der Waals surface area contributed by atoms with E-state index >= 15 is 0 Å². The van der Waals surface area contributed by atoms with Crippen LogP contribution in [0.4, 0.5) is 5.69 Å². The number of carboxylic acid groups (broad SMARTS) is 1. The molecule has 0 bridgehead atoms. The number of rotatable bonds is 5. The number of aromatic carboxylic acids is 1. The van der Waals surface area contributed by atoms with Crippen molar-refractivity contribution >= 4 is 33.0 Å². The van der Waals surface area contributed by atoms with Crippen molar-refractivity contribution in [2.24, 2.45) is 0 Å². The van der Waals surface area contributed by atoms with Crippen LogP contribution in [0, 0.1) is 0 Å². The number of hydrogen-bond acceptors (Lipinski definition) is 4. The molecule has 1 aromatic heterocycles. The minimum Gasteiger partial charge on any atom is -0.477 e. The third-order valence-electron chi connectivity index (χ3n) is 4.37. The highest BCUT2D eigenvalue weighted by atomic mass is 32.2. The molecule has 2 aromatic rings. The highest BCUT2D eigenvalue weighted by Gasteiger charge is 2.21. The molecule has 0 saturated heterocycles. The van der Waals surface area contributed by atoms with Crippen molar-refractivity contribution in [1.29, 1.82) is 0 Å². The number of nitrogens with one attached hydrogen (secondary N) is 1. The topological polar surface area (TPSA) is 83.5 Å². The average molecular weight is 365 g/mol. The Balaban J connectivity index is 1.79. The van der Waals surface area contributed by atoms with Gasteiger partial charge in [-0.25, -0.2) is 13.2 Å². The van der Waals surface area contributed by atoms with Gasteiger partial charge in [0.15, 0.2) is 0 Å². The van der Waals surface area contributed by atoms with Crippen LogP contribution in [0.25, 0.3) is 0 Å². The molecule has 5 nitrogen and oxygen atoms in total. The van der Waals surface area contributed by atoms with Crippen LogP contribution in [0.1, 0.15) is 53.3 Å². The van der Waals surface area contributed by atoms with Gasteiger partial charge in [0.05, 0.1) is 10.6 Å². The standard InChI is InChI=1S/C17H19NO4S2/c19-17(20)16-15(10-11-23-16)18-24(21,22)14-8-6-13(7-9-14)12-4-2-1-3-5-12/h6-12,18H,1-5H2,(H,19,20). The van der Waals surface area contributed by atoms with E-state index in [-0.39, 0.29) is 15.5 Å². The van der Waals surface area contributed by atoms with Crippen LogP contribution in [0.5, 0.6) is 0 Å². The van der Waals surface area contributed by atoms with E-state index in [1.54, 1.807) is 17.5 Å². The first kappa shape index (κ1) is 17.0. The SMILES string of the molecule is O=C(O)c1sccc1NS(=O)(=O)c1ccc(C2CCCCC2)cc1. The van der Waals surface area contributed by atoms with Gasteiger partial charge in [0.2, 0.25) is 0 Å². The molecule has 0 radical (unpaired) electrons. The van der Waals surface area contributed by atoms with Crippen LogP contribution in [0.2, 0.25) is 0 Å². The van der Waals surface area contributed by atoms with Crippen LogP contribution in [-0.4, -0.2) is 19.5 Å². The molecule has 7 heteroatoms. The summed E-state index contributed by atoms with van der Waals surface area (Å²) in [5.74, 6) is -0.630. The highest BCUT2D eigenvalue weighted by molar-refractivity contribution is 7.92. The van der Waals surface area contributed by atoms with Crippen LogP contribution in [0.15, 0.2) is 40.6 Å². The largest absolute Gasteiger partial charge is 0.477 e. The van der Waals surface area contributed by atoms with Gasteiger partial charge in [0.1, 0.15) is 4.88 Å². The average Bonchev–Trinajstić information content (AvgIpc) is 3.03. The van der Waals surface area contributed by atoms with E-state index in [9.17, 15) is 13.2 Å². The molecule has 1 aliphatic carbocycles. The predicted octanol–water partition coefficient (Wildman–Crippen LogP) is 4.29. The van der Waals surface area contributed by atoms with E-state index in [1.165, 1.54) is 30.9 Å². The molecule has 128 valence electrons. The fourth-order valence-electron chi connectivity index (χ4n) is 3.11. The Hall–Kier alpha value is -1.86. The van der Waals surface area contributed by atoms with Gasteiger partial charge in [-0.05, 0) is 47.9 Å². The van der Waals surface area contributed by atoms with Gasteiger partial charge >= 0.3 is 5.97 Å². The molecular formula is C17H19NO4S2. The Morgan fingerprint density at radius 1 is 1.08 bits per heavy atom. The zero-order chi connectivity index (χ0) is 17.2. The molecule has 1 aromatic carbocycles. The molecule has 0 atom stereocenters. The number of benzene rings is 1. The number of carboxylic acids is 1. The first-order chi connectivity index (χ1) is 11.5. The number of thiophene rings is 1. The molecule has 24 heavy (non-hydrogen) atoms. The molecular weight excluding hydrogens is 346 g/mol. The lowest BCUT2D eigenvalue weighted by molar-refractivity contribution is 0.0703. The summed E-state index contributed by atoms with van der Waals surface area (Å²) >= 11 is 0.988. The smallest absolute Gasteiger partial charge is 0.348 e. The lowest BCUT2D eigenvalue weighted by Crippen LogP contribution is -2.14. The predicted molar refractivity (Wildman–Crippen MR) is 94.4 cm³/mol. The fourth-order valence-corrected chi connectivity index (χ4v) is 4.94. The van der Waals surface area contributed by atoms with Gasteiger partial charge in [-0.15, -0.1) is 11.3 Å². The van der Waals surface area contributed by atoms with Gasteiger partial charge < -0.3 is 5.11 Å². The molecule has 1 aliphatic rings. The van der Waals surface area contributed by atoms with E-state index in [2.05, 4.69) is 4.72 Å². The van der Waals surface area contributed by atoms with Gasteiger partial charge in [-0.2, -0.15) is 0 Å². The first-order valence-corrected chi connectivity index (χ1v) is 10.3. The zero-order valence-electron chi connectivity index (χ0n) is 13.1. The third-order valence-corrected chi connectivity index (χ3v) is 6.65. The van der Waals surface area contributed by atoms with Crippen molar-refractivity contribution in [1.82, 2.24) is 0 Å². The third kappa shape index (κ3) is 3.62. The van der Waals surface area contributed by atoms with E-state index in [4.69, 9.17) is 5.11 Å². The molecule has 2 N–H and O–H groups in total. The monoisotopic (exact) mass is 365 g/mol. The number of anilines is 1. The number of sulfonamides is 1. The molecule has 3 rings (SSSR count). The van der Waals surface area contributed by atoms with E-state index in [0.717, 1.165) is 24.2 Å². The normalized spacial score (nSPS) is 16.0. The second-order valence-corrected chi connectivity index (χ2v) is 8.58.